The van der Waals surface area contributed by atoms with Gasteiger partial charge in [-0.3, -0.25) is 0 Å². The Kier molecular flexibility index (Phi) is 5.14. The Morgan fingerprint density at radius 1 is 0.720 bits per heavy atom. The van der Waals surface area contributed by atoms with E-state index >= 15 is 0 Å². The zero-order valence-corrected chi connectivity index (χ0v) is 14.2. The predicted molar refractivity (Wildman–Crippen MR) is 99.4 cm³/mol. The van der Waals surface area contributed by atoms with Gasteiger partial charge in [0.05, 0.1) is 14.2 Å². The van der Waals surface area contributed by atoms with Crippen molar-refractivity contribution in [3.05, 3.63) is 95.3 Å². The van der Waals surface area contributed by atoms with Crippen molar-refractivity contribution < 1.29 is 13.9 Å². The SMILES string of the molecule is COc1ccc(C(=Cc2ccccc2F)c2ccc(OC)cc2)cc1. The van der Waals surface area contributed by atoms with Crippen LogP contribution in [0.5, 0.6) is 11.5 Å². The second-order valence-electron chi connectivity index (χ2n) is 5.54. The summed E-state index contributed by atoms with van der Waals surface area (Å²) in [6.45, 7) is 0. The van der Waals surface area contributed by atoms with E-state index in [0.29, 0.717) is 5.56 Å². The summed E-state index contributed by atoms with van der Waals surface area (Å²) in [5.41, 5.74) is 3.43. The van der Waals surface area contributed by atoms with Gasteiger partial charge in [-0.05, 0) is 53.1 Å². The largest absolute Gasteiger partial charge is 0.497 e. The van der Waals surface area contributed by atoms with Crippen LogP contribution in [0.2, 0.25) is 0 Å². The molecule has 0 N–H and O–H groups in total. The molecule has 0 atom stereocenters. The first kappa shape index (κ1) is 16.8. The van der Waals surface area contributed by atoms with Gasteiger partial charge in [0, 0.05) is 5.56 Å². The minimum atomic E-state index is -0.248. The van der Waals surface area contributed by atoms with E-state index in [1.165, 1.54) is 6.07 Å². The molecule has 2 nitrogen and oxygen atoms in total. The number of ether oxygens (including phenoxy) is 2. The lowest BCUT2D eigenvalue weighted by atomic mass is 9.95. The molecule has 0 amide bonds. The highest BCUT2D eigenvalue weighted by Gasteiger charge is 2.08. The van der Waals surface area contributed by atoms with Gasteiger partial charge in [0.15, 0.2) is 0 Å². The Hall–Kier alpha value is -3.07. The van der Waals surface area contributed by atoms with Gasteiger partial charge >= 0.3 is 0 Å². The Balaban J connectivity index is 2.11. The van der Waals surface area contributed by atoms with Crippen LogP contribution in [0.1, 0.15) is 16.7 Å². The van der Waals surface area contributed by atoms with Crippen LogP contribution in [-0.4, -0.2) is 14.2 Å². The van der Waals surface area contributed by atoms with E-state index < -0.39 is 0 Å². The maximum Gasteiger partial charge on any atom is 0.130 e. The summed E-state index contributed by atoms with van der Waals surface area (Å²) < 4.78 is 24.6. The lowest BCUT2D eigenvalue weighted by molar-refractivity contribution is 0.414. The molecule has 0 radical (unpaired) electrons. The molecule has 3 aromatic rings. The summed E-state index contributed by atoms with van der Waals surface area (Å²) in [5, 5.41) is 0. The molecule has 0 heterocycles. The summed E-state index contributed by atoms with van der Waals surface area (Å²) in [5.74, 6) is 1.31. The molecule has 3 aromatic carbocycles. The molecule has 0 fully saturated rings. The van der Waals surface area contributed by atoms with Crippen LogP contribution in [0.25, 0.3) is 11.6 Å². The molecule has 25 heavy (non-hydrogen) atoms. The van der Waals surface area contributed by atoms with Gasteiger partial charge in [-0.2, -0.15) is 0 Å². The van der Waals surface area contributed by atoms with Crippen LogP contribution in [0.3, 0.4) is 0 Å². The van der Waals surface area contributed by atoms with Gasteiger partial charge in [0.2, 0.25) is 0 Å². The molecule has 3 heteroatoms. The average molecular weight is 334 g/mol. The van der Waals surface area contributed by atoms with Gasteiger partial charge < -0.3 is 9.47 Å². The van der Waals surface area contributed by atoms with Crippen molar-refractivity contribution in [3.8, 4) is 11.5 Å². The van der Waals surface area contributed by atoms with Crippen LogP contribution in [-0.2, 0) is 0 Å². The zero-order valence-electron chi connectivity index (χ0n) is 14.2. The number of halogens is 1. The van der Waals surface area contributed by atoms with E-state index in [9.17, 15) is 4.39 Å². The van der Waals surface area contributed by atoms with Gasteiger partial charge in [-0.15, -0.1) is 0 Å². The van der Waals surface area contributed by atoms with E-state index in [-0.39, 0.29) is 5.82 Å². The summed E-state index contributed by atoms with van der Waals surface area (Å²) in [6.07, 6.45) is 1.86. The van der Waals surface area contributed by atoms with E-state index in [4.69, 9.17) is 9.47 Å². The number of hydrogen-bond acceptors (Lipinski definition) is 2. The Morgan fingerprint density at radius 3 is 1.64 bits per heavy atom. The highest BCUT2D eigenvalue weighted by molar-refractivity contribution is 5.91. The minimum absolute atomic E-state index is 0.248. The fourth-order valence-electron chi connectivity index (χ4n) is 2.62. The van der Waals surface area contributed by atoms with Crippen LogP contribution < -0.4 is 9.47 Å². The molecule has 0 aliphatic heterocycles. The third kappa shape index (κ3) is 3.89. The molecule has 0 saturated carbocycles. The van der Waals surface area contributed by atoms with Gasteiger partial charge in [-0.1, -0.05) is 42.5 Å². The van der Waals surface area contributed by atoms with Crippen molar-refractivity contribution in [1.29, 1.82) is 0 Å². The molecular weight excluding hydrogens is 315 g/mol. The monoisotopic (exact) mass is 334 g/mol. The summed E-state index contributed by atoms with van der Waals surface area (Å²) in [6, 6.07) is 22.2. The highest BCUT2D eigenvalue weighted by atomic mass is 19.1. The Morgan fingerprint density at radius 2 is 1.20 bits per heavy atom. The lowest BCUT2D eigenvalue weighted by Crippen LogP contribution is -1.91. The number of rotatable bonds is 5. The normalized spacial score (nSPS) is 10.2. The standard InChI is InChI=1S/C22H19FO2/c1-24-19-11-7-16(8-12-19)21(15-18-5-3-4-6-22(18)23)17-9-13-20(25-2)14-10-17/h3-15H,1-2H3. The highest BCUT2D eigenvalue weighted by Crippen LogP contribution is 2.29. The van der Waals surface area contributed by atoms with Crippen molar-refractivity contribution in [3.63, 3.8) is 0 Å². The first-order chi connectivity index (χ1) is 12.2. The average Bonchev–Trinajstić information content (AvgIpc) is 2.68. The lowest BCUT2D eigenvalue weighted by Gasteiger charge is -2.11. The van der Waals surface area contributed by atoms with E-state index in [1.807, 2.05) is 60.7 Å². The number of benzene rings is 3. The Labute approximate surface area is 147 Å². The molecular formula is C22H19FO2. The van der Waals surface area contributed by atoms with Crippen LogP contribution >= 0.6 is 0 Å². The first-order valence-corrected chi connectivity index (χ1v) is 7.96. The van der Waals surface area contributed by atoms with Crippen molar-refractivity contribution in [1.82, 2.24) is 0 Å². The fraction of sp³-hybridized carbons (Fsp3) is 0.0909. The van der Waals surface area contributed by atoms with Gasteiger partial charge in [0.1, 0.15) is 17.3 Å². The van der Waals surface area contributed by atoms with E-state index in [0.717, 1.165) is 28.2 Å². The molecule has 0 saturated heterocycles. The fourth-order valence-corrected chi connectivity index (χ4v) is 2.62. The minimum Gasteiger partial charge on any atom is -0.497 e. The molecule has 0 aromatic heterocycles. The molecule has 0 spiro atoms. The summed E-state index contributed by atoms with van der Waals surface area (Å²) in [4.78, 5) is 0. The second-order valence-corrected chi connectivity index (χ2v) is 5.54. The quantitative estimate of drug-likeness (QED) is 0.579. The topological polar surface area (TPSA) is 18.5 Å². The van der Waals surface area contributed by atoms with Crippen molar-refractivity contribution >= 4 is 11.6 Å². The third-order valence-electron chi connectivity index (χ3n) is 4.01. The maximum absolute atomic E-state index is 14.1. The smallest absolute Gasteiger partial charge is 0.130 e. The van der Waals surface area contributed by atoms with Crippen LogP contribution in [0.15, 0.2) is 72.8 Å². The van der Waals surface area contributed by atoms with Gasteiger partial charge in [0.25, 0.3) is 0 Å². The summed E-state index contributed by atoms with van der Waals surface area (Å²) >= 11 is 0. The summed E-state index contributed by atoms with van der Waals surface area (Å²) in [7, 11) is 3.27. The van der Waals surface area contributed by atoms with Crippen molar-refractivity contribution in [2.75, 3.05) is 14.2 Å². The molecule has 3 rings (SSSR count). The van der Waals surface area contributed by atoms with Crippen LogP contribution in [0, 0.1) is 5.82 Å². The molecule has 0 aliphatic rings. The molecule has 0 bridgehead atoms. The first-order valence-electron chi connectivity index (χ1n) is 7.96. The van der Waals surface area contributed by atoms with E-state index in [1.54, 1.807) is 26.4 Å². The van der Waals surface area contributed by atoms with Crippen LogP contribution in [0.4, 0.5) is 4.39 Å². The van der Waals surface area contributed by atoms with Crippen molar-refractivity contribution in [2.45, 2.75) is 0 Å². The maximum atomic E-state index is 14.1. The molecule has 0 aliphatic carbocycles. The third-order valence-corrected chi connectivity index (χ3v) is 4.01. The second kappa shape index (κ2) is 7.67. The number of methoxy groups -OCH3 is 2. The Bertz CT molecular complexity index is 816. The molecule has 126 valence electrons. The zero-order chi connectivity index (χ0) is 17.6. The number of hydrogen-bond donors (Lipinski definition) is 0. The van der Waals surface area contributed by atoms with E-state index in [2.05, 4.69) is 0 Å². The predicted octanol–water partition coefficient (Wildman–Crippen LogP) is 5.43. The van der Waals surface area contributed by atoms with Gasteiger partial charge in [-0.25, -0.2) is 4.39 Å². The van der Waals surface area contributed by atoms with Crippen molar-refractivity contribution in [2.24, 2.45) is 0 Å². The molecule has 0 unspecified atom stereocenters.